The number of benzene rings is 2. The third kappa shape index (κ3) is 5.84. The summed E-state index contributed by atoms with van der Waals surface area (Å²) in [6.45, 7) is 3.94. The molecular formula is C20H22N2O8. The van der Waals surface area contributed by atoms with E-state index in [0.717, 1.165) is 12.1 Å². The van der Waals surface area contributed by atoms with Gasteiger partial charge in [0.25, 0.3) is 5.91 Å². The second-order valence-electron chi connectivity index (χ2n) is 5.79. The first-order valence-electron chi connectivity index (χ1n) is 9.08. The second kappa shape index (κ2) is 10.6. The van der Waals surface area contributed by atoms with Crippen LogP contribution in [0.2, 0.25) is 0 Å². The third-order valence-corrected chi connectivity index (χ3v) is 3.77. The van der Waals surface area contributed by atoms with Crippen molar-refractivity contribution in [2.45, 2.75) is 13.8 Å². The van der Waals surface area contributed by atoms with Crippen LogP contribution in [0, 0.1) is 10.1 Å². The maximum Gasteiger partial charge on any atom is 0.337 e. The van der Waals surface area contributed by atoms with Gasteiger partial charge in [-0.15, -0.1) is 0 Å². The SMILES string of the molecule is CCOc1ccc(OCC)c(NC(=O)COc2cc(C(=O)OC)ccc2[N+](=O)[O-])c1. The van der Waals surface area contributed by atoms with Gasteiger partial charge in [-0.25, -0.2) is 4.79 Å². The van der Waals surface area contributed by atoms with Crippen LogP contribution in [0.3, 0.4) is 0 Å². The van der Waals surface area contributed by atoms with E-state index in [0.29, 0.717) is 30.4 Å². The molecule has 0 aliphatic heterocycles. The zero-order valence-corrected chi connectivity index (χ0v) is 16.8. The van der Waals surface area contributed by atoms with Crippen LogP contribution in [-0.4, -0.2) is 43.7 Å². The molecular weight excluding hydrogens is 396 g/mol. The van der Waals surface area contributed by atoms with E-state index in [4.69, 9.17) is 14.2 Å². The van der Waals surface area contributed by atoms with E-state index in [1.807, 2.05) is 6.92 Å². The normalized spacial score (nSPS) is 10.1. The highest BCUT2D eigenvalue weighted by atomic mass is 16.6. The quantitative estimate of drug-likeness (QED) is 0.354. The average Bonchev–Trinajstić information content (AvgIpc) is 2.73. The van der Waals surface area contributed by atoms with Gasteiger partial charge in [-0.2, -0.15) is 0 Å². The molecule has 0 spiro atoms. The Balaban J connectivity index is 2.17. The summed E-state index contributed by atoms with van der Waals surface area (Å²) in [6.07, 6.45) is 0. The predicted octanol–water partition coefficient (Wildman–Crippen LogP) is 3.20. The Morgan fingerprint density at radius 1 is 1.00 bits per heavy atom. The summed E-state index contributed by atoms with van der Waals surface area (Å²) in [5.41, 5.74) is 0.0413. The number of anilines is 1. The molecule has 10 heteroatoms. The van der Waals surface area contributed by atoms with Crippen LogP contribution < -0.4 is 19.5 Å². The molecule has 2 aromatic rings. The van der Waals surface area contributed by atoms with Crippen molar-refractivity contribution in [1.29, 1.82) is 0 Å². The Labute approximate surface area is 172 Å². The van der Waals surface area contributed by atoms with Crippen molar-refractivity contribution >= 4 is 23.3 Å². The fourth-order valence-electron chi connectivity index (χ4n) is 2.50. The molecule has 0 unspecified atom stereocenters. The number of hydrogen-bond acceptors (Lipinski definition) is 8. The van der Waals surface area contributed by atoms with E-state index in [1.165, 1.54) is 13.2 Å². The molecule has 0 radical (unpaired) electrons. The number of carbonyl (C=O) groups excluding carboxylic acids is 2. The van der Waals surface area contributed by atoms with Gasteiger partial charge in [-0.3, -0.25) is 14.9 Å². The van der Waals surface area contributed by atoms with Crippen molar-refractivity contribution in [2.75, 3.05) is 32.2 Å². The van der Waals surface area contributed by atoms with Gasteiger partial charge in [0.1, 0.15) is 11.5 Å². The molecule has 0 aliphatic carbocycles. The van der Waals surface area contributed by atoms with E-state index in [2.05, 4.69) is 10.1 Å². The lowest BCUT2D eigenvalue weighted by atomic mass is 10.2. The first-order chi connectivity index (χ1) is 14.4. The van der Waals surface area contributed by atoms with Crippen LogP contribution in [0.1, 0.15) is 24.2 Å². The molecule has 30 heavy (non-hydrogen) atoms. The fourth-order valence-corrected chi connectivity index (χ4v) is 2.50. The summed E-state index contributed by atoms with van der Waals surface area (Å²) >= 11 is 0. The smallest absolute Gasteiger partial charge is 0.337 e. The van der Waals surface area contributed by atoms with Crippen molar-refractivity contribution < 1.29 is 33.5 Å². The number of nitro groups is 1. The lowest BCUT2D eigenvalue weighted by Crippen LogP contribution is -2.21. The third-order valence-electron chi connectivity index (χ3n) is 3.77. The summed E-state index contributed by atoms with van der Waals surface area (Å²) in [7, 11) is 1.18. The number of nitrogens with zero attached hydrogens (tertiary/aromatic N) is 1. The van der Waals surface area contributed by atoms with Crippen LogP contribution in [0.5, 0.6) is 17.2 Å². The maximum absolute atomic E-state index is 12.4. The van der Waals surface area contributed by atoms with E-state index < -0.39 is 23.4 Å². The Kier molecular flexibility index (Phi) is 7.98. The van der Waals surface area contributed by atoms with Crippen molar-refractivity contribution in [3.8, 4) is 17.2 Å². The molecule has 2 rings (SSSR count). The zero-order valence-electron chi connectivity index (χ0n) is 16.8. The van der Waals surface area contributed by atoms with E-state index >= 15 is 0 Å². The topological polar surface area (TPSA) is 126 Å². The van der Waals surface area contributed by atoms with Gasteiger partial charge >= 0.3 is 11.7 Å². The minimum absolute atomic E-state index is 0.0570. The van der Waals surface area contributed by atoms with E-state index in [1.54, 1.807) is 25.1 Å². The molecule has 0 saturated heterocycles. The Morgan fingerprint density at radius 3 is 2.37 bits per heavy atom. The monoisotopic (exact) mass is 418 g/mol. The molecule has 0 aliphatic rings. The Morgan fingerprint density at radius 2 is 1.73 bits per heavy atom. The molecule has 160 valence electrons. The highest BCUT2D eigenvalue weighted by Gasteiger charge is 2.20. The number of ether oxygens (including phenoxy) is 4. The van der Waals surface area contributed by atoms with Gasteiger partial charge in [0.2, 0.25) is 0 Å². The number of amides is 1. The summed E-state index contributed by atoms with van der Waals surface area (Å²) in [5, 5.41) is 13.8. The number of nitro benzene ring substituents is 1. The highest BCUT2D eigenvalue weighted by molar-refractivity contribution is 5.94. The average molecular weight is 418 g/mol. The minimum atomic E-state index is -0.687. The first-order valence-corrected chi connectivity index (χ1v) is 9.08. The maximum atomic E-state index is 12.4. The number of hydrogen-bond donors (Lipinski definition) is 1. The van der Waals surface area contributed by atoms with Gasteiger partial charge in [0, 0.05) is 18.2 Å². The number of methoxy groups -OCH3 is 1. The van der Waals surface area contributed by atoms with E-state index in [-0.39, 0.29) is 17.0 Å². The molecule has 2 aromatic carbocycles. The fraction of sp³-hybridized carbons (Fsp3) is 0.300. The summed E-state index contributed by atoms with van der Waals surface area (Å²) in [5.74, 6) is -0.520. The van der Waals surface area contributed by atoms with Crippen LogP contribution in [0.15, 0.2) is 36.4 Å². The predicted molar refractivity (Wildman–Crippen MR) is 107 cm³/mol. The van der Waals surface area contributed by atoms with Crippen molar-refractivity contribution in [2.24, 2.45) is 0 Å². The molecule has 0 saturated carbocycles. The lowest BCUT2D eigenvalue weighted by molar-refractivity contribution is -0.385. The van der Waals surface area contributed by atoms with Gasteiger partial charge in [-0.05, 0) is 32.0 Å². The zero-order chi connectivity index (χ0) is 22.1. The number of esters is 1. The summed E-state index contributed by atoms with van der Waals surface area (Å²) in [6, 6.07) is 8.48. The second-order valence-corrected chi connectivity index (χ2v) is 5.79. The van der Waals surface area contributed by atoms with Crippen molar-refractivity contribution in [3.05, 3.63) is 52.1 Å². The molecule has 1 amide bonds. The largest absolute Gasteiger partial charge is 0.494 e. The van der Waals surface area contributed by atoms with Crippen LogP contribution >= 0.6 is 0 Å². The van der Waals surface area contributed by atoms with Crippen LogP contribution in [0.4, 0.5) is 11.4 Å². The van der Waals surface area contributed by atoms with E-state index in [9.17, 15) is 19.7 Å². The van der Waals surface area contributed by atoms with Crippen LogP contribution in [-0.2, 0) is 9.53 Å². The minimum Gasteiger partial charge on any atom is -0.494 e. The number of rotatable bonds is 10. The molecule has 0 aromatic heterocycles. The highest BCUT2D eigenvalue weighted by Crippen LogP contribution is 2.30. The molecule has 10 nitrogen and oxygen atoms in total. The Hall–Kier alpha value is -3.82. The standard InChI is InChI=1S/C20H22N2O8/c1-4-28-14-7-9-17(29-5-2)15(11-14)21-19(23)12-30-18-10-13(20(24)27-3)6-8-16(18)22(25)26/h6-11H,4-5,12H2,1-3H3,(H,21,23). The van der Waals surface area contributed by atoms with Gasteiger partial charge in [0.05, 0.1) is 36.5 Å². The van der Waals surface area contributed by atoms with Crippen LogP contribution in [0.25, 0.3) is 0 Å². The molecule has 1 N–H and O–H groups in total. The number of carbonyl (C=O) groups is 2. The molecule has 0 atom stereocenters. The molecule has 0 heterocycles. The lowest BCUT2D eigenvalue weighted by Gasteiger charge is -2.14. The summed E-state index contributed by atoms with van der Waals surface area (Å²) < 4.78 is 20.8. The van der Waals surface area contributed by atoms with Gasteiger partial charge < -0.3 is 24.3 Å². The Bertz CT molecular complexity index is 929. The first kappa shape index (κ1) is 22.5. The van der Waals surface area contributed by atoms with Crippen molar-refractivity contribution in [1.82, 2.24) is 0 Å². The van der Waals surface area contributed by atoms with Crippen molar-refractivity contribution in [3.63, 3.8) is 0 Å². The molecule has 0 fully saturated rings. The number of nitrogens with one attached hydrogen (secondary N) is 1. The van der Waals surface area contributed by atoms with Gasteiger partial charge in [-0.1, -0.05) is 0 Å². The summed E-state index contributed by atoms with van der Waals surface area (Å²) in [4.78, 5) is 34.6. The van der Waals surface area contributed by atoms with Gasteiger partial charge in [0.15, 0.2) is 12.4 Å². The molecule has 0 bridgehead atoms.